The van der Waals surface area contributed by atoms with Gasteiger partial charge in [-0.25, -0.2) is 0 Å². The third-order valence-corrected chi connectivity index (χ3v) is 3.25. The minimum Gasteiger partial charge on any atom is -0.389 e. The first-order valence-electron chi connectivity index (χ1n) is 6.10. The van der Waals surface area contributed by atoms with E-state index in [1.165, 1.54) is 0 Å². The number of aliphatic hydroxyl groups excluding tert-OH is 1. The predicted molar refractivity (Wildman–Crippen MR) is 63.5 cm³/mol. The Morgan fingerprint density at radius 2 is 2.25 bits per heavy atom. The molecule has 3 atom stereocenters. The number of ether oxygens (including phenoxy) is 2. The lowest BCUT2D eigenvalue weighted by atomic mass is 9.94. The highest BCUT2D eigenvalue weighted by Crippen LogP contribution is 2.24. The lowest BCUT2D eigenvalue weighted by Gasteiger charge is -2.30. The van der Waals surface area contributed by atoms with Crippen LogP contribution in [0.1, 0.15) is 34.1 Å². The molecule has 0 aromatic heterocycles. The van der Waals surface area contributed by atoms with E-state index in [0.717, 1.165) is 13.0 Å². The molecule has 1 heterocycles. The topological polar surface area (TPSA) is 50.7 Å². The highest BCUT2D eigenvalue weighted by atomic mass is 16.5. The molecule has 0 aromatic carbocycles. The normalized spacial score (nSPS) is 32.2. The summed E-state index contributed by atoms with van der Waals surface area (Å²) >= 11 is 0. The van der Waals surface area contributed by atoms with Gasteiger partial charge in [0.05, 0.1) is 24.9 Å². The van der Waals surface area contributed by atoms with Crippen molar-refractivity contribution in [2.45, 2.75) is 58.0 Å². The molecule has 0 aromatic rings. The van der Waals surface area contributed by atoms with Crippen LogP contribution in [-0.2, 0) is 9.47 Å². The molecule has 0 spiro atoms. The molecule has 1 aliphatic rings. The Bertz CT molecular complexity index is 210. The first kappa shape index (κ1) is 13.9. The lowest BCUT2D eigenvalue weighted by Crippen LogP contribution is -2.51. The van der Waals surface area contributed by atoms with Crippen molar-refractivity contribution < 1.29 is 14.6 Å². The fourth-order valence-electron chi connectivity index (χ4n) is 1.78. The monoisotopic (exact) mass is 231 g/mol. The van der Waals surface area contributed by atoms with Crippen LogP contribution in [0, 0.1) is 0 Å². The number of nitrogens with one attached hydrogen (secondary N) is 1. The fourth-order valence-corrected chi connectivity index (χ4v) is 1.78. The van der Waals surface area contributed by atoms with Gasteiger partial charge in [-0.3, -0.25) is 0 Å². The maximum Gasteiger partial charge on any atom is 0.0898 e. The zero-order valence-electron chi connectivity index (χ0n) is 10.8. The summed E-state index contributed by atoms with van der Waals surface area (Å²) in [5.41, 5.74) is -0.0151. The summed E-state index contributed by atoms with van der Waals surface area (Å²) in [4.78, 5) is 0. The molecule has 0 saturated carbocycles. The summed E-state index contributed by atoms with van der Waals surface area (Å²) in [6.07, 6.45) is 0.906. The van der Waals surface area contributed by atoms with Gasteiger partial charge in [0.2, 0.25) is 0 Å². The fraction of sp³-hybridized carbons (Fsp3) is 1.00. The van der Waals surface area contributed by atoms with E-state index in [0.29, 0.717) is 13.2 Å². The summed E-state index contributed by atoms with van der Waals surface area (Å²) in [5, 5.41) is 13.1. The Hall–Kier alpha value is -0.160. The number of hydrogen-bond donors (Lipinski definition) is 2. The zero-order valence-corrected chi connectivity index (χ0v) is 10.8. The molecule has 0 bridgehead atoms. The molecule has 96 valence electrons. The third kappa shape index (κ3) is 4.01. The molecule has 1 rings (SSSR count). The van der Waals surface area contributed by atoms with Crippen LogP contribution in [-0.4, -0.2) is 48.7 Å². The number of hydrogen-bond acceptors (Lipinski definition) is 4. The second kappa shape index (κ2) is 5.96. The van der Waals surface area contributed by atoms with Gasteiger partial charge in [-0.15, -0.1) is 0 Å². The molecule has 16 heavy (non-hydrogen) atoms. The minimum atomic E-state index is -0.452. The first-order valence-corrected chi connectivity index (χ1v) is 6.10. The third-order valence-electron chi connectivity index (χ3n) is 3.25. The van der Waals surface area contributed by atoms with Crippen molar-refractivity contribution in [1.29, 1.82) is 0 Å². The highest BCUT2D eigenvalue weighted by molar-refractivity contribution is 4.93. The van der Waals surface area contributed by atoms with Crippen molar-refractivity contribution in [3.05, 3.63) is 0 Å². The molecule has 4 nitrogen and oxygen atoms in total. The minimum absolute atomic E-state index is 0.0151. The quantitative estimate of drug-likeness (QED) is 0.714. The van der Waals surface area contributed by atoms with Crippen LogP contribution in [0.3, 0.4) is 0 Å². The Labute approximate surface area is 98.3 Å². The largest absolute Gasteiger partial charge is 0.389 e. The summed E-state index contributed by atoms with van der Waals surface area (Å²) in [6, 6.07) is 0. The molecule has 1 aliphatic heterocycles. The van der Waals surface area contributed by atoms with Crippen LogP contribution in [0.4, 0.5) is 0 Å². The van der Waals surface area contributed by atoms with E-state index in [2.05, 4.69) is 19.2 Å². The first-order chi connectivity index (χ1) is 7.44. The Morgan fingerprint density at radius 3 is 2.75 bits per heavy atom. The molecule has 1 saturated heterocycles. The van der Waals surface area contributed by atoms with Crippen molar-refractivity contribution in [3.8, 4) is 0 Å². The average Bonchev–Trinajstić information content (AvgIpc) is 2.54. The molecular formula is C12H25NO3. The second-order valence-corrected chi connectivity index (χ2v) is 5.10. The standard InChI is InChI=1S/C12H25NO3/c1-9(2)16-8-11(14)7-13-12(4)5-6-15-10(12)3/h9-11,13-14H,5-8H2,1-4H3. The van der Waals surface area contributed by atoms with Gasteiger partial charge in [0, 0.05) is 18.7 Å². The van der Waals surface area contributed by atoms with Gasteiger partial charge < -0.3 is 19.9 Å². The van der Waals surface area contributed by atoms with Gasteiger partial charge in [-0.2, -0.15) is 0 Å². The Balaban J connectivity index is 2.23. The van der Waals surface area contributed by atoms with Crippen LogP contribution in [0.5, 0.6) is 0 Å². The van der Waals surface area contributed by atoms with Gasteiger partial charge in [0.1, 0.15) is 0 Å². The molecule has 0 radical (unpaired) electrons. The maximum absolute atomic E-state index is 9.73. The van der Waals surface area contributed by atoms with Crippen molar-refractivity contribution >= 4 is 0 Å². The van der Waals surface area contributed by atoms with Crippen LogP contribution >= 0.6 is 0 Å². The van der Waals surface area contributed by atoms with E-state index < -0.39 is 6.10 Å². The van der Waals surface area contributed by atoms with Crippen molar-refractivity contribution in [3.63, 3.8) is 0 Å². The molecule has 0 amide bonds. The maximum atomic E-state index is 9.73. The molecule has 0 aliphatic carbocycles. The zero-order chi connectivity index (χ0) is 12.2. The Kier molecular flexibility index (Phi) is 5.18. The summed E-state index contributed by atoms with van der Waals surface area (Å²) in [6.45, 7) is 9.87. The SMILES string of the molecule is CC(C)OCC(O)CNC1(C)CCOC1C. The van der Waals surface area contributed by atoms with E-state index in [1.54, 1.807) is 0 Å². The van der Waals surface area contributed by atoms with E-state index in [1.807, 2.05) is 13.8 Å². The van der Waals surface area contributed by atoms with Gasteiger partial charge in [0.15, 0.2) is 0 Å². The summed E-state index contributed by atoms with van der Waals surface area (Å²) in [7, 11) is 0. The van der Waals surface area contributed by atoms with Crippen LogP contribution in [0.25, 0.3) is 0 Å². The molecule has 4 heteroatoms. The van der Waals surface area contributed by atoms with Crippen molar-refractivity contribution in [2.75, 3.05) is 19.8 Å². The van der Waals surface area contributed by atoms with Gasteiger partial charge in [-0.05, 0) is 34.1 Å². The number of rotatable bonds is 6. The molecule has 1 fully saturated rings. The van der Waals surface area contributed by atoms with Gasteiger partial charge >= 0.3 is 0 Å². The molecular weight excluding hydrogens is 206 g/mol. The van der Waals surface area contributed by atoms with Crippen LogP contribution in [0.2, 0.25) is 0 Å². The predicted octanol–water partition coefficient (Wildman–Crippen LogP) is 0.929. The average molecular weight is 231 g/mol. The van der Waals surface area contributed by atoms with Gasteiger partial charge in [-0.1, -0.05) is 0 Å². The number of β-amino-alcohol motifs (C(OH)–C–C–N with tert-alkyl or cyclic N) is 1. The van der Waals surface area contributed by atoms with Crippen molar-refractivity contribution in [1.82, 2.24) is 5.32 Å². The molecule has 2 N–H and O–H groups in total. The smallest absolute Gasteiger partial charge is 0.0898 e. The van der Waals surface area contributed by atoms with E-state index in [9.17, 15) is 5.11 Å². The summed E-state index contributed by atoms with van der Waals surface area (Å²) in [5.74, 6) is 0. The number of aliphatic hydroxyl groups is 1. The van der Waals surface area contributed by atoms with Crippen molar-refractivity contribution in [2.24, 2.45) is 0 Å². The lowest BCUT2D eigenvalue weighted by molar-refractivity contribution is 0.00115. The highest BCUT2D eigenvalue weighted by Gasteiger charge is 2.36. The molecule has 3 unspecified atom stereocenters. The Morgan fingerprint density at radius 1 is 1.56 bits per heavy atom. The van der Waals surface area contributed by atoms with Crippen LogP contribution in [0.15, 0.2) is 0 Å². The summed E-state index contributed by atoms with van der Waals surface area (Å²) < 4.78 is 10.9. The second-order valence-electron chi connectivity index (χ2n) is 5.10. The van der Waals surface area contributed by atoms with E-state index in [4.69, 9.17) is 9.47 Å². The van der Waals surface area contributed by atoms with E-state index >= 15 is 0 Å². The van der Waals surface area contributed by atoms with Gasteiger partial charge in [0.25, 0.3) is 0 Å². The van der Waals surface area contributed by atoms with E-state index in [-0.39, 0.29) is 17.7 Å². The van der Waals surface area contributed by atoms with Crippen LogP contribution < -0.4 is 5.32 Å².